The molecule has 1 aliphatic rings. The Morgan fingerprint density at radius 1 is 1.04 bits per heavy atom. The third-order valence-electron chi connectivity index (χ3n) is 4.31. The molecule has 2 rings (SSSR count). The number of benzene rings is 1. The molecule has 0 atom stereocenters. The molecule has 3 nitrogen and oxygen atoms in total. The highest BCUT2D eigenvalue weighted by Gasteiger charge is 2.33. The molecule has 0 amide bonds. The van der Waals surface area contributed by atoms with Crippen molar-refractivity contribution in [1.82, 2.24) is 0 Å². The average molecular weight is 340 g/mol. The summed E-state index contributed by atoms with van der Waals surface area (Å²) in [6.07, 6.45) is 7.23. The molecular formula is C18H27BF2O3. The van der Waals surface area contributed by atoms with E-state index in [9.17, 15) is 8.78 Å². The Labute approximate surface area is 143 Å². The van der Waals surface area contributed by atoms with Gasteiger partial charge in [-0.2, -0.15) is 4.39 Å². The van der Waals surface area contributed by atoms with Gasteiger partial charge in [0.05, 0.1) is 6.61 Å². The molecule has 24 heavy (non-hydrogen) atoms. The summed E-state index contributed by atoms with van der Waals surface area (Å²) in [7, 11) is -0.841. The first kappa shape index (κ1) is 19.2. The molecule has 1 fully saturated rings. The molecule has 1 saturated heterocycles. The topological polar surface area (TPSA) is 27.7 Å². The van der Waals surface area contributed by atoms with Crippen LogP contribution in [0.3, 0.4) is 0 Å². The van der Waals surface area contributed by atoms with Crippen molar-refractivity contribution in [3.63, 3.8) is 0 Å². The van der Waals surface area contributed by atoms with Crippen LogP contribution in [0.1, 0.15) is 52.4 Å². The standard InChI is InChI=1S/C18H27BF2O3/c1-3-5-6-7-8-9-14-12-23-19(24-13-14)15-10-11-16(22-4-2)18(21)17(15)20/h10-11,14H,3-9,12-13H2,1-2H3. The number of hydrogen-bond acceptors (Lipinski definition) is 3. The Kier molecular flexibility index (Phi) is 7.99. The van der Waals surface area contributed by atoms with Crippen LogP contribution in [-0.4, -0.2) is 26.9 Å². The van der Waals surface area contributed by atoms with E-state index >= 15 is 0 Å². The summed E-state index contributed by atoms with van der Waals surface area (Å²) in [6, 6.07) is 2.89. The number of ether oxygens (including phenoxy) is 1. The van der Waals surface area contributed by atoms with E-state index in [1.807, 2.05) is 0 Å². The van der Waals surface area contributed by atoms with E-state index in [0.29, 0.717) is 19.1 Å². The van der Waals surface area contributed by atoms with Gasteiger partial charge in [-0.3, -0.25) is 0 Å². The lowest BCUT2D eigenvalue weighted by Gasteiger charge is -2.27. The number of halogens is 2. The highest BCUT2D eigenvalue weighted by Crippen LogP contribution is 2.21. The molecule has 0 saturated carbocycles. The van der Waals surface area contributed by atoms with Crippen LogP contribution in [0.4, 0.5) is 8.78 Å². The zero-order valence-electron chi connectivity index (χ0n) is 14.7. The van der Waals surface area contributed by atoms with E-state index in [4.69, 9.17) is 14.0 Å². The summed E-state index contributed by atoms with van der Waals surface area (Å²) in [4.78, 5) is 0. The maximum Gasteiger partial charge on any atom is 0.497 e. The first-order valence-electron chi connectivity index (χ1n) is 9.01. The summed E-state index contributed by atoms with van der Waals surface area (Å²) in [5, 5.41) is 0. The van der Waals surface area contributed by atoms with Crippen molar-refractivity contribution in [1.29, 1.82) is 0 Å². The van der Waals surface area contributed by atoms with Gasteiger partial charge in [-0.15, -0.1) is 0 Å². The van der Waals surface area contributed by atoms with E-state index in [1.54, 1.807) is 6.92 Å². The molecule has 1 heterocycles. The molecule has 0 radical (unpaired) electrons. The van der Waals surface area contributed by atoms with E-state index in [0.717, 1.165) is 12.8 Å². The summed E-state index contributed by atoms with van der Waals surface area (Å²) >= 11 is 0. The van der Waals surface area contributed by atoms with Crippen LogP contribution in [0.5, 0.6) is 5.75 Å². The second kappa shape index (κ2) is 9.99. The van der Waals surface area contributed by atoms with Gasteiger partial charge in [-0.05, 0) is 19.4 Å². The lowest BCUT2D eigenvalue weighted by molar-refractivity contribution is 0.0806. The second-order valence-corrected chi connectivity index (χ2v) is 6.28. The molecule has 0 aromatic heterocycles. The number of hydrogen-bond donors (Lipinski definition) is 0. The minimum absolute atomic E-state index is 0.0838. The molecule has 0 spiro atoms. The molecular weight excluding hydrogens is 313 g/mol. The maximum absolute atomic E-state index is 14.2. The maximum atomic E-state index is 14.2. The fourth-order valence-corrected chi connectivity index (χ4v) is 2.92. The first-order valence-corrected chi connectivity index (χ1v) is 9.01. The van der Waals surface area contributed by atoms with Gasteiger partial charge in [0.1, 0.15) is 0 Å². The predicted molar refractivity (Wildman–Crippen MR) is 91.7 cm³/mol. The van der Waals surface area contributed by atoms with Gasteiger partial charge in [-0.25, -0.2) is 4.39 Å². The molecule has 0 bridgehead atoms. The summed E-state index contributed by atoms with van der Waals surface area (Å²) in [5.74, 6) is -1.69. The van der Waals surface area contributed by atoms with Crippen LogP contribution in [0.2, 0.25) is 0 Å². The second-order valence-electron chi connectivity index (χ2n) is 6.28. The van der Waals surface area contributed by atoms with Gasteiger partial charge >= 0.3 is 7.12 Å². The molecule has 134 valence electrons. The SMILES string of the molecule is CCCCCCCC1COB(c2ccc(OCC)c(F)c2F)OC1. The van der Waals surface area contributed by atoms with Crippen molar-refractivity contribution in [2.75, 3.05) is 19.8 Å². The lowest BCUT2D eigenvalue weighted by atomic mass is 9.76. The van der Waals surface area contributed by atoms with E-state index in [1.165, 1.54) is 37.8 Å². The average Bonchev–Trinajstić information content (AvgIpc) is 2.60. The molecule has 1 aromatic rings. The van der Waals surface area contributed by atoms with Crippen molar-refractivity contribution in [3.8, 4) is 5.75 Å². The summed E-state index contributed by atoms with van der Waals surface area (Å²) < 4.78 is 44.4. The van der Waals surface area contributed by atoms with Gasteiger partial charge < -0.3 is 14.0 Å². The minimum Gasteiger partial charge on any atom is -0.491 e. The van der Waals surface area contributed by atoms with Gasteiger partial charge in [0, 0.05) is 24.6 Å². The number of unbranched alkanes of at least 4 members (excludes halogenated alkanes) is 4. The first-order chi connectivity index (χ1) is 11.7. The molecule has 1 aliphatic heterocycles. The Morgan fingerprint density at radius 2 is 1.75 bits per heavy atom. The van der Waals surface area contributed by atoms with Crippen LogP contribution in [0, 0.1) is 17.6 Å². The van der Waals surface area contributed by atoms with Crippen LogP contribution in [0.15, 0.2) is 12.1 Å². The van der Waals surface area contributed by atoms with Crippen LogP contribution in [-0.2, 0) is 9.31 Å². The Bertz CT molecular complexity index is 505. The lowest BCUT2D eigenvalue weighted by Crippen LogP contribution is -2.46. The van der Waals surface area contributed by atoms with Crippen molar-refractivity contribution in [2.24, 2.45) is 5.92 Å². The Morgan fingerprint density at radius 3 is 2.42 bits per heavy atom. The van der Waals surface area contributed by atoms with Crippen LogP contribution >= 0.6 is 0 Å². The smallest absolute Gasteiger partial charge is 0.491 e. The minimum atomic E-state index is -0.986. The highest BCUT2D eigenvalue weighted by atomic mass is 19.2. The Hall–Kier alpha value is -1.14. The van der Waals surface area contributed by atoms with E-state index < -0.39 is 18.8 Å². The fourth-order valence-electron chi connectivity index (χ4n) is 2.92. The van der Waals surface area contributed by atoms with Crippen LogP contribution < -0.4 is 10.2 Å². The Balaban J connectivity index is 1.83. The van der Waals surface area contributed by atoms with Gasteiger partial charge in [0.25, 0.3) is 0 Å². The molecule has 6 heteroatoms. The van der Waals surface area contributed by atoms with Gasteiger partial charge in [-0.1, -0.05) is 45.1 Å². The van der Waals surface area contributed by atoms with Crippen molar-refractivity contribution in [2.45, 2.75) is 52.4 Å². The summed E-state index contributed by atoms with van der Waals surface area (Å²) in [6.45, 7) is 5.25. The van der Waals surface area contributed by atoms with Crippen molar-refractivity contribution in [3.05, 3.63) is 23.8 Å². The largest absolute Gasteiger partial charge is 0.497 e. The highest BCUT2D eigenvalue weighted by molar-refractivity contribution is 6.61. The zero-order valence-corrected chi connectivity index (χ0v) is 14.7. The molecule has 1 aromatic carbocycles. The molecule has 0 unspecified atom stereocenters. The third kappa shape index (κ3) is 5.18. The van der Waals surface area contributed by atoms with E-state index in [-0.39, 0.29) is 17.8 Å². The van der Waals surface area contributed by atoms with Gasteiger partial charge in [0.2, 0.25) is 0 Å². The quantitative estimate of drug-likeness (QED) is 0.501. The molecule has 0 aliphatic carbocycles. The van der Waals surface area contributed by atoms with Crippen LogP contribution in [0.25, 0.3) is 0 Å². The third-order valence-corrected chi connectivity index (χ3v) is 4.31. The van der Waals surface area contributed by atoms with E-state index in [2.05, 4.69) is 6.92 Å². The predicted octanol–water partition coefficient (Wildman–Crippen LogP) is 4.08. The van der Waals surface area contributed by atoms with Gasteiger partial charge in [0.15, 0.2) is 17.4 Å². The zero-order chi connectivity index (χ0) is 17.4. The van der Waals surface area contributed by atoms with Crippen molar-refractivity contribution >= 4 is 12.6 Å². The fraction of sp³-hybridized carbons (Fsp3) is 0.667. The van der Waals surface area contributed by atoms with Crippen molar-refractivity contribution < 1.29 is 22.8 Å². The number of rotatable bonds is 9. The normalized spacial score (nSPS) is 15.8. The monoisotopic (exact) mass is 340 g/mol. The summed E-state index contributed by atoms with van der Waals surface area (Å²) in [5.41, 5.74) is 0.0948. The molecule has 0 N–H and O–H groups in total.